The Kier molecular flexibility index (Phi) is 5.88. The molecule has 1 saturated heterocycles. The summed E-state index contributed by atoms with van der Waals surface area (Å²) in [6.45, 7) is 6.22. The number of aliphatic hydroxyl groups excluding tert-OH is 1. The Morgan fingerprint density at radius 2 is 1.95 bits per heavy atom. The zero-order chi connectivity index (χ0) is 15.1. The second kappa shape index (κ2) is 7.66. The van der Waals surface area contributed by atoms with E-state index < -0.39 is 0 Å². The van der Waals surface area contributed by atoms with E-state index in [1.54, 1.807) is 7.11 Å². The summed E-state index contributed by atoms with van der Waals surface area (Å²) in [7, 11) is 1.66. The van der Waals surface area contributed by atoms with Gasteiger partial charge >= 0.3 is 0 Å². The number of hydrogen-bond acceptors (Lipinski definition) is 4. The number of nitrogens with zero attached hydrogens (tertiary/aromatic N) is 1. The number of ether oxygens (including phenoxy) is 2. The Morgan fingerprint density at radius 1 is 1.24 bits per heavy atom. The monoisotopic (exact) mass is 293 g/mol. The molecule has 1 aromatic rings. The highest BCUT2D eigenvalue weighted by Gasteiger charge is 2.31. The lowest BCUT2D eigenvalue weighted by Crippen LogP contribution is -2.43. The Hall–Kier alpha value is -1.26. The highest BCUT2D eigenvalue weighted by Crippen LogP contribution is 2.34. The maximum absolute atomic E-state index is 9.55. The van der Waals surface area contributed by atoms with Crippen LogP contribution in [0.5, 0.6) is 11.5 Å². The highest BCUT2D eigenvalue weighted by molar-refractivity contribution is 5.32. The Balaban J connectivity index is 1.72. The van der Waals surface area contributed by atoms with Gasteiger partial charge < -0.3 is 14.6 Å². The smallest absolute Gasteiger partial charge is 0.123 e. The van der Waals surface area contributed by atoms with Gasteiger partial charge in [-0.1, -0.05) is 13.0 Å². The van der Waals surface area contributed by atoms with Crippen LogP contribution in [0.2, 0.25) is 0 Å². The van der Waals surface area contributed by atoms with Crippen LogP contribution in [-0.4, -0.2) is 50.0 Å². The first-order chi connectivity index (χ1) is 10.2. The first kappa shape index (κ1) is 16.1. The van der Waals surface area contributed by atoms with Crippen LogP contribution in [0, 0.1) is 5.41 Å². The molecule has 1 aliphatic rings. The van der Waals surface area contributed by atoms with Crippen molar-refractivity contribution < 1.29 is 14.6 Å². The molecule has 4 nitrogen and oxygen atoms in total. The minimum Gasteiger partial charge on any atom is -0.497 e. The lowest BCUT2D eigenvalue weighted by atomic mass is 9.77. The summed E-state index contributed by atoms with van der Waals surface area (Å²) in [5.41, 5.74) is 0.157. The summed E-state index contributed by atoms with van der Waals surface area (Å²) in [4.78, 5) is 2.42. The molecule has 1 N–H and O–H groups in total. The molecule has 0 radical (unpaired) electrons. The normalized spacial score (nSPS) is 18.4. The van der Waals surface area contributed by atoms with Crippen molar-refractivity contribution in [3.8, 4) is 11.5 Å². The molecule has 0 amide bonds. The molecule has 4 heteroatoms. The number of piperidine rings is 1. The van der Waals surface area contributed by atoms with Gasteiger partial charge in [0.15, 0.2) is 0 Å². The second-order valence-corrected chi connectivity index (χ2v) is 5.88. The van der Waals surface area contributed by atoms with E-state index in [9.17, 15) is 5.11 Å². The van der Waals surface area contributed by atoms with E-state index in [1.165, 1.54) is 0 Å². The number of benzene rings is 1. The molecule has 0 atom stereocenters. The highest BCUT2D eigenvalue weighted by atomic mass is 16.5. The molecule has 0 spiro atoms. The second-order valence-electron chi connectivity index (χ2n) is 5.88. The summed E-state index contributed by atoms with van der Waals surface area (Å²) in [6, 6.07) is 7.71. The van der Waals surface area contributed by atoms with Crippen LogP contribution in [-0.2, 0) is 0 Å². The largest absolute Gasteiger partial charge is 0.497 e. The van der Waals surface area contributed by atoms with Gasteiger partial charge in [-0.3, -0.25) is 4.90 Å². The lowest BCUT2D eigenvalue weighted by Gasteiger charge is -2.40. The van der Waals surface area contributed by atoms with E-state index in [0.29, 0.717) is 13.2 Å². The fourth-order valence-electron chi connectivity index (χ4n) is 2.86. The molecule has 1 aliphatic heterocycles. The number of likely N-dealkylation sites (tertiary alicyclic amines) is 1. The van der Waals surface area contributed by atoms with Crippen LogP contribution in [0.25, 0.3) is 0 Å². The minimum atomic E-state index is 0.157. The number of hydrogen-bond donors (Lipinski definition) is 1. The predicted octanol–water partition coefficient (Wildman–Crippen LogP) is 2.56. The van der Waals surface area contributed by atoms with Gasteiger partial charge in [0.2, 0.25) is 0 Å². The third-order valence-corrected chi connectivity index (χ3v) is 4.72. The van der Waals surface area contributed by atoms with E-state index in [-0.39, 0.29) is 5.41 Å². The van der Waals surface area contributed by atoms with Gasteiger partial charge in [0.05, 0.1) is 7.11 Å². The molecule has 1 fully saturated rings. The molecule has 0 unspecified atom stereocenters. The summed E-state index contributed by atoms with van der Waals surface area (Å²) in [5, 5.41) is 9.55. The van der Waals surface area contributed by atoms with Crippen molar-refractivity contribution in [1.29, 1.82) is 0 Å². The summed E-state index contributed by atoms with van der Waals surface area (Å²) in [6.07, 6.45) is 3.23. The summed E-state index contributed by atoms with van der Waals surface area (Å²) < 4.78 is 11.0. The molecule has 118 valence electrons. The van der Waals surface area contributed by atoms with Crippen LogP contribution >= 0.6 is 0 Å². The van der Waals surface area contributed by atoms with Crippen LogP contribution in [0.4, 0.5) is 0 Å². The average molecular weight is 293 g/mol. The van der Waals surface area contributed by atoms with Crippen molar-refractivity contribution in [2.24, 2.45) is 5.41 Å². The minimum absolute atomic E-state index is 0.157. The van der Waals surface area contributed by atoms with Crippen molar-refractivity contribution in [3.05, 3.63) is 24.3 Å². The molecule has 0 saturated carbocycles. The topological polar surface area (TPSA) is 41.9 Å². The van der Waals surface area contributed by atoms with Crippen LogP contribution in [0.3, 0.4) is 0 Å². The Bertz CT molecular complexity index is 422. The third kappa shape index (κ3) is 4.35. The van der Waals surface area contributed by atoms with Crippen LogP contribution in [0.1, 0.15) is 26.2 Å². The molecule has 0 aromatic heterocycles. The van der Waals surface area contributed by atoms with E-state index in [2.05, 4.69) is 11.8 Å². The van der Waals surface area contributed by atoms with Crippen molar-refractivity contribution in [2.45, 2.75) is 26.2 Å². The van der Waals surface area contributed by atoms with Gasteiger partial charge in [0, 0.05) is 19.2 Å². The molecular weight excluding hydrogens is 266 g/mol. The molecule has 1 heterocycles. The number of methoxy groups -OCH3 is 1. The number of rotatable bonds is 7. The third-order valence-electron chi connectivity index (χ3n) is 4.72. The molecule has 0 bridgehead atoms. The van der Waals surface area contributed by atoms with Gasteiger partial charge in [-0.15, -0.1) is 0 Å². The van der Waals surface area contributed by atoms with Crippen LogP contribution in [0.15, 0.2) is 24.3 Å². The van der Waals surface area contributed by atoms with Gasteiger partial charge in [-0.2, -0.15) is 0 Å². The zero-order valence-corrected chi connectivity index (χ0v) is 13.2. The zero-order valence-electron chi connectivity index (χ0n) is 13.2. The standard InChI is InChI=1S/C17H27NO3/c1-3-17(14-19)7-9-18(10-8-17)11-12-21-16-6-4-5-15(13-16)20-2/h4-6,13,19H,3,7-12,14H2,1-2H3. The maximum atomic E-state index is 9.55. The SMILES string of the molecule is CCC1(CO)CCN(CCOc2cccc(OC)c2)CC1. The maximum Gasteiger partial charge on any atom is 0.123 e. The van der Waals surface area contributed by atoms with E-state index >= 15 is 0 Å². The Morgan fingerprint density at radius 3 is 2.57 bits per heavy atom. The average Bonchev–Trinajstić information content (AvgIpc) is 2.56. The van der Waals surface area contributed by atoms with Gasteiger partial charge in [-0.05, 0) is 49.9 Å². The van der Waals surface area contributed by atoms with E-state index in [0.717, 1.165) is 50.4 Å². The van der Waals surface area contributed by atoms with Crippen molar-refractivity contribution in [2.75, 3.05) is 40.0 Å². The van der Waals surface area contributed by atoms with Crippen molar-refractivity contribution in [1.82, 2.24) is 4.90 Å². The Labute approximate surface area is 127 Å². The molecule has 0 aliphatic carbocycles. The predicted molar refractivity (Wildman–Crippen MR) is 84.0 cm³/mol. The quantitative estimate of drug-likeness (QED) is 0.839. The van der Waals surface area contributed by atoms with Crippen molar-refractivity contribution in [3.63, 3.8) is 0 Å². The van der Waals surface area contributed by atoms with Gasteiger partial charge in [0.1, 0.15) is 18.1 Å². The van der Waals surface area contributed by atoms with E-state index in [4.69, 9.17) is 9.47 Å². The fourth-order valence-corrected chi connectivity index (χ4v) is 2.86. The lowest BCUT2D eigenvalue weighted by molar-refractivity contribution is 0.0366. The summed E-state index contributed by atoms with van der Waals surface area (Å²) >= 11 is 0. The van der Waals surface area contributed by atoms with E-state index in [1.807, 2.05) is 24.3 Å². The van der Waals surface area contributed by atoms with Crippen LogP contribution < -0.4 is 9.47 Å². The number of aliphatic hydroxyl groups is 1. The first-order valence-corrected chi connectivity index (χ1v) is 7.81. The van der Waals surface area contributed by atoms with Gasteiger partial charge in [-0.25, -0.2) is 0 Å². The molecule has 1 aromatic carbocycles. The molecule has 21 heavy (non-hydrogen) atoms. The molecular formula is C17H27NO3. The fraction of sp³-hybridized carbons (Fsp3) is 0.647. The first-order valence-electron chi connectivity index (χ1n) is 7.81. The summed E-state index contributed by atoms with van der Waals surface area (Å²) in [5.74, 6) is 1.67. The molecule has 2 rings (SSSR count). The van der Waals surface area contributed by atoms with Crippen molar-refractivity contribution >= 4 is 0 Å². The van der Waals surface area contributed by atoms with Gasteiger partial charge in [0.25, 0.3) is 0 Å².